The number of carboxylic acid groups (broad SMARTS) is 1. The maximum absolute atomic E-state index is 12.5. The van der Waals surface area contributed by atoms with E-state index in [1.165, 1.54) is 0 Å². The summed E-state index contributed by atoms with van der Waals surface area (Å²) in [5, 5.41) is 15.3. The van der Waals surface area contributed by atoms with Crippen LogP contribution >= 0.6 is 0 Å². The van der Waals surface area contributed by atoms with E-state index < -0.39 is 12.0 Å². The van der Waals surface area contributed by atoms with Crippen molar-refractivity contribution in [1.29, 1.82) is 0 Å². The molecule has 0 unspecified atom stereocenters. The Bertz CT molecular complexity index is 994. The molecule has 1 atom stereocenters. The number of anilines is 1. The van der Waals surface area contributed by atoms with Crippen LogP contribution in [0.5, 0.6) is 0 Å². The second-order valence-corrected chi connectivity index (χ2v) is 7.42. The van der Waals surface area contributed by atoms with Gasteiger partial charge in [0, 0.05) is 28.9 Å². The van der Waals surface area contributed by atoms with E-state index in [4.69, 9.17) is 4.74 Å². The van der Waals surface area contributed by atoms with Gasteiger partial charge in [-0.25, -0.2) is 0 Å². The Morgan fingerprint density at radius 2 is 2.00 bits per heavy atom. The Balaban J connectivity index is 1.61. The van der Waals surface area contributed by atoms with Gasteiger partial charge in [0.25, 0.3) is 5.91 Å². The quantitative estimate of drug-likeness (QED) is 0.696. The van der Waals surface area contributed by atoms with Crippen LogP contribution in [0.25, 0.3) is 11.3 Å². The van der Waals surface area contributed by atoms with Gasteiger partial charge in [-0.15, -0.1) is 0 Å². The number of benzene rings is 2. The first kappa shape index (κ1) is 18.3. The van der Waals surface area contributed by atoms with Crippen molar-refractivity contribution in [3.05, 3.63) is 64.7 Å². The number of ether oxygens (including phenoxy) is 1. The van der Waals surface area contributed by atoms with Gasteiger partial charge in [0.2, 0.25) is 0 Å². The summed E-state index contributed by atoms with van der Waals surface area (Å²) in [5.41, 5.74) is 5.09. The Morgan fingerprint density at radius 1 is 1.21 bits per heavy atom. The van der Waals surface area contributed by atoms with Crippen LogP contribution in [-0.4, -0.2) is 23.0 Å². The minimum atomic E-state index is -0.850. The molecule has 2 heterocycles. The molecule has 6 nitrogen and oxygen atoms in total. The fourth-order valence-corrected chi connectivity index (χ4v) is 3.71. The normalized spacial score (nSPS) is 18.5. The highest BCUT2D eigenvalue weighted by atomic mass is 16.5. The third-order valence-electron chi connectivity index (χ3n) is 5.14. The van der Waals surface area contributed by atoms with E-state index >= 15 is 0 Å². The number of nitrogens with one attached hydrogen (secondary N) is 2. The monoisotopic (exact) mass is 378 g/mol. The molecule has 4 rings (SSSR count). The second-order valence-electron chi connectivity index (χ2n) is 7.42. The molecule has 2 aliphatic heterocycles. The summed E-state index contributed by atoms with van der Waals surface area (Å²) in [7, 11) is 0. The molecule has 0 aromatic heterocycles. The van der Waals surface area contributed by atoms with Crippen molar-refractivity contribution in [3.8, 4) is 0 Å². The SMILES string of the molecule is CC(C)[C@H](NCc1ccc2c(c1)COC2=C1C(=O)Nc2ccccc21)C(=O)O. The summed E-state index contributed by atoms with van der Waals surface area (Å²) < 4.78 is 5.90. The molecule has 2 aromatic rings. The Labute approximate surface area is 163 Å². The lowest BCUT2D eigenvalue weighted by molar-refractivity contribution is -0.140. The number of hydrogen-bond donors (Lipinski definition) is 3. The van der Waals surface area contributed by atoms with E-state index in [-0.39, 0.29) is 11.8 Å². The average molecular weight is 378 g/mol. The molecule has 0 saturated heterocycles. The summed E-state index contributed by atoms with van der Waals surface area (Å²) >= 11 is 0. The van der Waals surface area contributed by atoms with Crippen molar-refractivity contribution in [2.45, 2.75) is 33.0 Å². The van der Waals surface area contributed by atoms with Gasteiger partial charge >= 0.3 is 5.97 Å². The largest absolute Gasteiger partial charge is 0.487 e. The predicted molar refractivity (Wildman–Crippen MR) is 106 cm³/mol. The molecule has 0 spiro atoms. The molecule has 1 amide bonds. The van der Waals surface area contributed by atoms with E-state index in [0.717, 1.165) is 27.9 Å². The molecule has 28 heavy (non-hydrogen) atoms. The number of aliphatic carboxylic acids is 1. The predicted octanol–water partition coefficient (Wildman–Crippen LogP) is 3.24. The summed E-state index contributed by atoms with van der Waals surface area (Å²) in [4.78, 5) is 23.8. The minimum Gasteiger partial charge on any atom is -0.487 e. The van der Waals surface area contributed by atoms with Crippen molar-refractivity contribution in [1.82, 2.24) is 5.32 Å². The maximum atomic E-state index is 12.5. The van der Waals surface area contributed by atoms with E-state index in [1.807, 2.05) is 56.3 Å². The lowest BCUT2D eigenvalue weighted by Crippen LogP contribution is -2.40. The van der Waals surface area contributed by atoms with E-state index in [9.17, 15) is 14.7 Å². The molecular weight excluding hydrogens is 356 g/mol. The van der Waals surface area contributed by atoms with Gasteiger partial charge in [0.15, 0.2) is 0 Å². The van der Waals surface area contributed by atoms with Crippen LogP contribution in [0, 0.1) is 5.92 Å². The highest BCUT2D eigenvalue weighted by Crippen LogP contribution is 2.41. The molecule has 0 bridgehead atoms. The maximum Gasteiger partial charge on any atom is 0.320 e. The number of amides is 1. The van der Waals surface area contributed by atoms with Gasteiger partial charge in [-0.1, -0.05) is 50.2 Å². The third-order valence-corrected chi connectivity index (χ3v) is 5.14. The smallest absolute Gasteiger partial charge is 0.320 e. The number of rotatable bonds is 5. The van der Waals surface area contributed by atoms with Gasteiger partial charge in [-0.3, -0.25) is 9.59 Å². The van der Waals surface area contributed by atoms with Crippen LogP contribution in [-0.2, 0) is 27.5 Å². The summed E-state index contributed by atoms with van der Waals surface area (Å²) in [5.74, 6) is -0.413. The summed E-state index contributed by atoms with van der Waals surface area (Å²) in [6.45, 7) is 4.61. The van der Waals surface area contributed by atoms with Gasteiger partial charge in [0.1, 0.15) is 18.4 Å². The van der Waals surface area contributed by atoms with Gasteiger partial charge in [0.05, 0.1) is 5.57 Å². The fourth-order valence-electron chi connectivity index (χ4n) is 3.71. The second kappa shape index (κ2) is 7.13. The Morgan fingerprint density at radius 3 is 2.75 bits per heavy atom. The Kier molecular flexibility index (Phi) is 4.65. The van der Waals surface area contributed by atoms with E-state index in [1.54, 1.807) is 0 Å². The van der Waals surface area contributed by atoms with Crippen LogP contribution in [0.1, 0.15) is 36.1 Å². The molecule has 0 aliphatic carbocycles. The zero-order valence-corrected chi connectivity index (χ0v) is 15.8. The molecular formula is C22H22N2O4. The van der Waals surface area contributed by atoms with Crippen molar-refractivity contribution in [3.63, 3.8) is 0 Å². The van der Waals surface area contributed by atoms with E-state index in [0.29, 0.717) is 24.5 Å². The highest BCUT2D eigenvalue weighted by Gasteiger charge is 2.32. The van der Waals surface area contributed by atoms with Crippen LogP contribution in [0.4, 0.5) is 5.69 Å². The van der Waals surface area contributed by atoms with Crippen molar-refractivity contribution >= 4 is 28.9 Å². The topological polar surface area (TPSA) is 87.7 Å². The van der Waals surface area contributed by atoms with E-state index in [2.05, 4.69) is 10.6 Å². The summed E-state index contributed by atoms with van der Waals surface area (Å²) in [6.07, 6.45) is 0. The van der Waals surface area contributed by atoms with Crippen molar-refractivity contribution < 1.29 is 19.4 Å². The first-order valence-electron chi connectivity index (χ1n) is 9.32. The summed E-state index contributed by atoms with van der Waals surface area (Å²) in [6, 6.07) is 12.9. The highest BCUT2D eigenvalue weighted by molar-refractivity contribution is 6.36. The molecule has 2 aromatic carbocycles. The van der Waals surface area contributed by atoms with Crippen LogP contribution in [0.2, 0.25) is 0 Å². The molecule has 0 radical (unpaired) electrons. The third kappa shape index (κ3) is 3.16. The zero-order chi connectivity index (χ0) is 19.8. The minimum absolute atomic E-state index is 0.00690. The molecule has 0 saturated carbocycles. The van der Waals surface area contributed by atoms with Crippen molar-refractivity contribution in [2.24, 2.45) is 5.92 Å². The number of para-hydroxylation sites is 1. The molecule has 6 heteroatoms. The first-order chi connectivity index (χ1) is 13.5. The lowest BCUT2D eigenvalue weighted by atomic mass is 9.99. The fraction of sp³-hybridized carbons (Fsp3) is 0.273. The van der Waals surface area contributed by atoms with Crippen LogP contribution < -0.4 is 10.6 Å². The number of hydrogen-bond acceptors (Lipinski definition) is 4. The lowest BCUT2D eigenvalue weighted by Gasteiger charge is -2.18. The Hall–Kier alpha value is -3.12. The van der Waals surface area contributed by atoms with Gasteiger partial charge < -0.3 is 20.5 Å². The van der Waals surface area contributed by atoms with Gasteiger partial charge in [-0.2, -0.15) is 0 Å². The number of fused-ring (bicyclic) bond motifs is 2. The van der Waals surface area contributed by atoms with Crippen LogP contribution in [0.3, 0.4) is 0 Å². The zero-order valence-electron chi connectivity index (χ0n) is 15.8. The molecule has 144 valence electrons. The average Bonchev–Trinajstić information content (AvgIpc) is 3.20. The number of carbonyl (C=O) groups is 2. The molecule has 0 fully saturated rings. The standard InChI is InChI=1S/C22H22N2O4/c1-12(2)19(22(26)27)23-10-13-7-8-15-14(9-13)11-28-20(15)18-16-5-3-4-6-17(16)24-21(18)25/h3-9,12,19,23H,10-11H2,1-2H3,(H,24,25)(H,26,27)/t19-/m0/s1. The molecule has 3 N–H and O–H groups in total. The number of carbonyl (C=O) groups excluding carboxylic acids is 1. The number of carboxylic acids is 1. The van der Waals surface area contributed by atoms with Crippen LogP contribution in [0.15, 0.2) is 42.5 Å². The molecule has 2 aliphatic rings. The van der Waals surface area contributed by atoms with Gasteiger partial charge in [-0.05, 0) is 17.5 Å². The van der Waals surface area contributed by atoms with Crippen molar-refractivity contribution in [2.75, 3.05) is 5.32 Å². The first-order valence-corrected chi connectivity index (χ1v) is 9.32.